The minimum absolute atomic E-state index is 0.646. The molecule has 0 bridgehead atoms. The van der Waals surface area contributed by atoms with Crippen LogP contribution in [0.25, 0.3) is 0 Å². The van der Waals surface area contributed by atoms with E-state index in [0.29, 0.717) is 5.13 Å². The number of para-hydroxylation sites is 2. The number of fused-ring (bicyclic) bond motifs is 1. The standard InChI is InChI=1S/C13H16N4S/c1-16-6-7-17(8-10-9-18-13(14)15-10)12-5-3-2-4-11(12)16/h2-5,9H,6-8H2,1H3,(H2,14,15). The van der Waals surface area contributed by atoms with Crippen molar-refractivity contribution in [1.82, 2.24) is 4.98 Å². The zero-order valence-corrected chi connectivity index (χ0v) is 11.2. The Morgan fingerprint density at radius 2 is 2.06 bits per heavy atom. The second-order valence-electron chi connectivity index (χ2n) is 4.51. The maximum Gasteiger partial charge on any atom is 0.180 e. The van der Waals surface area contributed by atoms with Gasteiger partial charge in [-0.2, -0.15) is 0 Å². The largest absolute Gasteiger partial charge is 0.375 e. The van der Waals surface area contributed by atoms with Crippen molar-refractivity contribution < 1.29 is 0 Å². The van der Waals surface area contributed by atoms with Crippen LogP contribution in [0.15, 0.2) is 29.6 Å². The smallest absolute Gasteiger partial charge is 0.180 e. The first-order chi connectivity index (χ1) is 8.74. The highest BCUT2D eigenvalue weighted by molar-refractivity contribution is 7.13. The van der Waals surface area contributed by atoms with Crippen molar-refractivity contribution in [2.45, 2.75) is 6.54 Å². The predicted octanol–water partition coefficient (Wildman–Crippen LogP) is 2.18. The maximum absolute atomic E-state index is 5.68. The minimum atomic E-state index is 0.646. The highest BCUT2D eigenvalue weighted by atomic mass is 32.1. The Morgan fingerprint density at radius 3 is 2.78 bits per heavy atom. The molecule has 2 N–H and O–H groups in total. The summed E-state index contributed by atoms with van der Waals surface area (Å²) in [4.78, 5) is 9.00. The van der Waals surface area contributed by atoms with Crippen molar-refractivity contribution >= 4 is 27.8 Å². The molecule has 2 aromatic rings. The van der Waals surface area contributed by atoms with Gasteiger partial charge in [-0.15, -0.1) is 11.3 Å². The Labute approximate surface area is 111 Å². The molecule has 0 amide bonds. The van der Waals surface area contributed by atoms with Crippen LogP contribution < -0.4 is 15.5 Å². The fourth-order valence-electron chi connectivity index (χ4n) is 2.32. The average Bonchev–Trinajstić information content (AvgIpc) is 2.79. The first-order valence-electron chi connectivity index (χ1n) is 5.99. The number of hydrogen-bond donors (Lipinski definition) is 1. The summed E-state index contributed by atoms with van der Waals surface area (Å²) in [6.07, 6.45) is 0. The highest BCUT2D eigenvalue weighted by Gasteiger charge is 2.20. The molecule has 2 heterocycles. The molecular formula is C13H16N4S. The first kappa shape index (κ1) is 11.3. The Hall–Kier alpha value is -1.75. The number of nitrogens with zero attached hydrogens (tertiary/aromatic N) is 3. The van der Waals surface area contributed by atoms with Crippen molar-refractivity contribution in [1.29, 1.82) is 0 Å². The topological polar surface area (TPSA) is 45.4 Å². The highest BCUT2D eigenvalue weighted by Crippen LogP contribution is 2.32. The molecule has 0 fully saturated rings. The number of nitrogen functional groups attached to an aromatic ring is 1. The second kappa shape index (κ2) is 4.49. The Balaban J connectivity index is 1.88. The van der Waals surface area contributed by atoms with Crippen LogP contribution in [0.5, 0.6) is 0 Å². The van der Waals surface area contributed by atoms with Crippen LogP contribution in [-0.2, 0) is 6.54 Å². The molecule has 0 aliphatic carbocycles. The number of thiazole rings is 1. The van der Waals surface area contributed by atoms with Crippen LogP contribution >= 0.6 is 11.3 Å². The second-order valence-corrected chi connectivity index (χ2v) is 5.40. The fourth-order valence-corrected chi connectivity index (χ4v) is 2.87. The minimum Gasteiger partial charge on any atom is -0.375 e. The van der Waals surface area contributed by atoms with E-state index in [2.05, 4.69) is 46.1 Å². The van der Waals surface area contributed by atoms with Crippen LogP contribution in [0.2, 0.25) is 0 Å². The third-order valence-corrected chi connectivity index (χ3v) is 3.98. The van der Waals surface area contributed by atoms with Crippen molar-refractivity contribution in [3.05, 3.63) is 35.3 Å². The molecule has 0 unspecified atom stereocenters. The van der Waals surface area contributed by atoms with E-state index >= 15 is 0 Å². The maximum atomic E-state index is 5.68. The zero-order chi connectivity index (χ0) is 12.5. The fraction of sp³-hybridized carbons (Fsp3) is 0.308. The van der Waals surface area contributed by atoms with E-state index in [4.69, 9.17) is 5.73 Å². The van der Waals surface area contributed by atoms with Gasteiger partial charge in [0.2, 0.25) is 0 Å². The summed E-state index contributed by atoms with van der Waals surface area (Å²) in [6, 6.07) is 8.50. The summed E-state index contributed by atoms with van der Waals surface area (Å²) < 4.78 is 0. The van der Waals surface area contributed by atoms with Gasteiger partial charge in [0.25, 0.3) is 0 Å². The lowest BCUT2D eigenvalue weighted by atomic mass is 10.1. The molecule has 0 atom stereocenters. The van der Waals surface area contributed by atoms with Gasteiger partial charge in [0.1, 0.15) is 0 Å². The van der Waals surface area contributed by atoms with Gasteiger partial charge in [-0.05, 0) is 12.1 Å². The summed E-state index contributed by atoms with van der Waals surface area (Å²) in [5.74, 6) is 0. The number of rotatable bonds is 2. The molecule has 0 spiro atoms. The van der Waals surface area contributed by atoms with E-state index in [1.165, 1.54) is 22.7 Å². The third-order valence-electron chi connectivity index (χ3n) is 3.26. The SMILES string of the molecule is CN1CCN(Cc2csc(N)n2)c2ccccc21. The van der Waals surface area contributed by atoms with Gasteiger partial charge in [-0.1, -0.05) is 12.1 Å². The Morgan fingerprint density at radius 1 is 1.28 bits per heavy atom. The number of nitrogens with two attached hydrogens (primary N) is 1. The molecule has 5 heteroatoms. The summed E-state index contributed by atoms with van der Waals surface area (Å²) in [6.45, 7) is 2.89. The lowest BCUT2D eigenvalue weighted by Crippen LogP contribution is -2.38. The van der Waals surface area contributed by atoms with Crippen LogP contribution in [0.4, 0.5) is 16.5 Å². The van der Waals surface area contributed by atoms with Crippen LogP contribution in [0.3, 0.4) is 0 Å². The quantitative estimate of drug-likeness (QED) is 0.899. The van der Waals surface area contributed by atoms with Gasteiger partial charge >= 0.3 is 0 Å². The number of anilines is 3. The lowest BCUT2D eigenvalue weighted by Gasteiger charge is -2.36. The zero-order valence-electron chi connectivity index (χ0n) is 10.3. The molecular weight excluding hydrogens is 244 g/mol. The Bertz CT molecular complexity index is 551. The summed E-state index contributed by atoms with van der Waals surface area (Å²) in [5.41, 5.74) is 9.29. The van der Waals surface area contributed by atoms with Gasteiger partial charge in [-0.25, -0.2) is 4.98 Å². The van der Waals surface area contributed by atoms with Crippen LogP contribution in [0, 0.1) is 0 Å². The van der Waals surface area contributed by atoms with E-state index in [0.717, 1.165) is 25.3 Å². The first-order valence-corrected chi connectivity index (χ1v) is 6.87. The van der Waals surface area contributed by atoms with Crippen molar-refractivity contribution in [2.75, 3.05) is 35.7 Å². The van der Waals surface area contributed by atoms with Crippen LogP contribution in [-0.4, -0.2) is 25.1 Å². The number of hydrogen-bond acceptors (Lipinski definition) is 5. The monoisotopic (exact) mass is 260 g/mol. The molecule has 3 rings (SSSR count). The van der Waals surface area contributed by atoms with Gasteiger partial charge in [-0.3, -0.25) is 0 Å². The molecule has 1 aliphatic rings. The van der Waals surface area contributed by atoms with Gasteiger partial charge in [0.05, 0.1) is 23.6 Å². The molecule has 18 heavy (non-hydrogen) atoms. The molecule has 0 radical (unpaired) electrons. The molecule has 94 valence electrons. The molecule has 4 nitrogen and oxygen atoms in total. The van der Waals surface area contributed by atoms with Crippen molar-refractivity contribution in [3.63, 3.8) is 0 Å². The molecule has 1 aromatic heterocycles. The average molecular weight is 260 g/mol. The van der Waals surface area contributed by atoms with E-state index < -0.39 is 0 Å². The summed E-state index contributed by atoms with van der Waals surface area (Å²) in [7, 11) is 2.14. The molecule has 1 aromatic carbocycles. The number of likely N-dealkylation sites (N-methyl/N-ethyl adjacent to an activating group) is 1. The normalized spacial score (nSPS) is 14.7. The molecule has 0 saturated carbocycles. The van der Waals surface area contributed by atoms with Crippen molar-refractivity contribution in [2.24, 2.45) is 0 Å². The molecule has 0 saturated heterocycles. The van der Waals surface area contributed by atoms with Gasteiger partial charge in [0.15, 0.2) is 5.13 Å². The summed E-state index contributed by atoms with van der Waals surface area (Å²) >= 11 is 1.50. The predicted molar refractivity (Wildman–Crippen MR) is 77.3 cm³/mol. The Kier molecular flexibility index (Phi) is 2.83. The lowest BCUT2D eigenvalue weighted by molar-refractivity contribution is 0.727. The van der Waals surface area contributed by atoms with Gasteiger partial charge in [0, 0.05) is 25.5 Å². The van der Waals surface area contributed by atoms with Crippen molar-refractivity contribution in [3.8, 4) is 0 Å². The van der Waals surface area contributed by atoms with Gasteiger partial charge < -0.3 is 15.5 Å². The van der Waals surface area contributed by atoms with Crippen LogP contribution in [0.1, 0.15) is 5.69 Å². The summed E-state index contributed by atoms with van der Waals surface area (Å²) in [5, 5.41) is 2.68. The van der Waals surface area contributed by atoms with E-state index in [1.54, 1.807) is 0 Å². The third kappa shape index (κ3) is 2.01. The molecule has 1 aliphatic heterocycles. The van der Waals surface area contributed by atoms with E-state index in [1.807, 2.05) is 5.38 Å². The number of benzene rings is 1. The number of aromatic nitrogens is 1. The van der Waals surface area contributed by atoms with E-state index in [9.17, 15) is 0 Å². The van der Waals surface area contributed by atoms with E-state index in [-0.39, 0.29) is 0 Å².